The molecule has 6 nitrogen and oxygen atoms in total. The van der Waals surface area contributed by atoms with Crippen LogP contribution in [0.5, 0.6) is 0 Å². The minimum absolute atomic E-state index is 0.247. The van der Waals surface area contributed by atoms with Crippen molar-refractivity contribution in [3.05, 3.63) is 74.9 Å². The molecule has 29 heavy (non-hydrogen) atoms. The first-order chi connectivity index (χ1) is 13.9. The summed E-state index contributed by atoms with van der Waals surface area (Å²) >= 11 is 0. The molecular weight excluding hydrogens is 380 g/mol. The van der Waals surface area contributed by atoms with Crippen molar-refractivity contribution in [2.75, 3.05) is 5.32 Å². The number of para-hydroxylation sites is 1. The molecule has 3 rings (SSSR count). The molecule has 152 valence electrons. The van der Waals surface area contributed by atoms with Gasteiger partial charge in [0.1, 0.15) is 18.2 Å². The second-order valence-corrected chi connectivity index (χ2v) is 6.72. The zero-order chi connectivity index (χ0) is 21.0. The maximum absolute atomic E-state index is 13.8. The Kier molecular flexibility index (Phi) is 6.21. The van der Waals surface area contributed by atoms with Crippen molar-refractivity contribution in [2.24, 2.45) is 0 Å². The number of rotatable bonds is 7. The number of unbranched alkanes of at least 4 members (excludes halogenated alkanes) is 2. The summed E-state index contributed by atoms with van der Waals surface area (Å²) < 4.78 is 29.4. The molecule has 0 atom stereocenters. The molecule has 3 aromatic rings. The highest BCUT2D eigenvalue weighted by Gasteiger charge is 2.16. The Morgan fingerprint density at radius 3 is 2.55 bits per heavy atom. The van der Waals surface area contributed by atoms with Crippen molar-refractivity contribution in [2.45, 2.75) is 39.3 Å². The van der Waals surface area contributed by atoms with Crippen LogP contribution in [-0.2, 0) is 17.9 Å². The van der Waals surface area contributed by atoms with Gasteiger partial charge >= 0.3 is 5.69 Å². The van der Waals surface area contributed by atoms with Gasteiger partial charge < -0.3 is 5.32 Å². The van der Waals surface area contributed by atoms with Crippen molar-refractivity contribution < 1.29 is 13.6 Å². The van der Waals surface area contributed by atoms with Crippen LogP contribution in [0.1, 0.15) is 26.2 Å². The molecule has 0 radical (unpaired) electrons. The quantitative estimate of drug-likeness (QED) is 0.618. The number of fused-ring (bicyclic) bond motifs is 1. The van der Waals surface area contributed by atoms with Gasteiger partial charge in [0.2, 0.25) is 5.91 Å². The van der Waals surface area contributed by atoms with Crippen molar-refractivity contribution in [3.63, 3.8) is 0 Å². The molecule has 0 spiro atoms. The summed E-state index contributed by atoms with van der Waals surface area (Å²) in [6, 6.07) is 9.20. The van der Waals surface area contributed by atoms with Crippen LogP contribution in [0.2, 0.25) is 0 Å². The Balaban J connectivity index is 1.99. The lowest BCUT2D eigenvalue weighted by Gasteiger charge is -2.14. The molecule has 1 aromatic heterocycles. The maximum Gasteiger partial charge on any atom is 0.331 e. The van der Waals surface area contributed by atoms with Crippen LogP contribution < -0.4 is 16.6 Å². The van der Waals surface area contributed by atoms with Crippen LogP contribution in [-0.4, -0.2) is 15.0 Å². The van der Waals surface area contributed by atoms with Crippen LogP contribution in [0.25, 0.3) is 10.9 Å². The average molecular weight is 401 g/mol. The van der Waals surface area contributed by atoms with Gasteiger partial charge in [-0.15, -0.1) is 0 Å². The lowest BCUT2D eigenvalue weighted by atomic mass is 10.2. The van der Waals surface area contributed by atoms with Crippen LogP contribution in [0.4, 0.5) is 14.5 Å². The fourth-order valence-electron chi connectivity index (χ4n) is 3.17. The first-order valence-electron chi connectivity index (χ1n) is 9.39. The zero-order valence-corrected chi connectivity index (χ0v) is 16.0. The summed E-state index contributed by atoms with van der Waals surface area (Å²) in [7, 11) is 0. The second-order valence-electron chi connectivity index (χ2n) is 6.72. The van der Waals surface area contributed by atoms with E-state index in [-0.39, 0.29) is 12.2 Å². The number of nitrogens with zero attached hydrogens (tertiary/aromatic N) is 2. The summed E-state index contributed by atoms with van der Waals surface area (Å²) in [5.74, 6) is -2.20. The number of aromatic nitrogens is 2. The molecule has 0 unspecified atom stereocenters. The monoisotopic (exact) mass is 401 g/mol. The second kappa shape index (κ2) is 8.81. The van der Waals surface area contributed by atoms with E-state index in [1.807, 2.05) is 6.92 Å². The van der Waals surface area contributed by atoms with Gasteiger partial charge in [0.25, 0.3) is 5.56 Å². The third-order valence-electron chi connectivity index (χ3n) is 4.62. The van der Waals surface area contributed by atoms with Gasteiger partial charge in [-0.3, -0.25) is 18.7 Å². The van der Waals surface area contributed by atoms with E-state index >= 15 is 0 Å². The van der Waals surface area contributed by atoms with Crippen molar-refractivity contribution in [1.29, 1.82) is 0 Å². The number of hydrogen-bond donors (Lipinski definition) is 1. The lowest BCUT2D eigenvalue weighted by Crippen LogP contribution is -2.41. The highest BCUT2D eigenvalue weighted by molar-refractivity contribution is 5.91. The van der Waals surface area contributed by atoms with Crippen LogP contribution >= 0.6 is 0 Å². The van der Waals surface area contributed by atoms with E-state index in [0.717, 1.165) is 35.6 Å². The molecule has 0 aliphatic rings. The van der Waals surface area contributed by atoms with Crippen molar-refractivity contribution >= 4 is 22.5 Å². The van der Waals surface area contributed by atoms with E-state index < -0.39 is 35.3 Å². The third-order valence-corrected chi connectivity index (χ3v) is 4.62. The van der Waals surface area contributed by atoms with Crippen LogP contribution in [0, 0.1) is 11.6 Å². The standard InChI is InChI=1S/C21H21F2N3O3/c1-2-3-6-11-25-20(28)15-7-4-5-8-18(15)26(21(25)29)13-19(27)24-17-12-14(22)9-10-16(17)23/h4-5,7-10,12H,2-3,6,11,13H2,1H3,(H,24,27). The van der Waals surface area contributed by atoms with Gasteiger partial charge in [0.15, 0.2) is 0 Å². The Bertz CT molecular complexity index is 1170. The smallest absolute Gasteiger partial charge is 0.322 e. The Labute approximate surface area is 165 Å². The number of anilines is 1. The molecule has 0 saturated carbocycles. The van der Waals surface area contributed by atoms with E-state index in [1.54, 1.807) is 24.3 Å². The van der Waals surface area contributed by atoms with E-state index in [4.69, 9.17) is 0 Å². The molecule has 2 aromatic carbocycles. The van der Waals surface area contributed by atoms with Crippen LogP contribution in [0.3, 0.4) is 0 Å². The van der Waals surface area contributed by atoms with Crippen molar-refractivity contribution in [3.8, 4) is 0 Å². The highest BCUT2D eigenvalue weighted by Crippen LogP contribution is 2.15. The van der Waals surface area contributed by atoms with E-state index in [2.05, 4.69) is 5.32 Å². The largest absolute Gasteiger partial charge is 0.331 e. The average Bonchev–Trinajstić information content (AvgIpc) is 2.70. The summed E-state index contributed by atoms with van der Waals surface area (Å²) in [6.45, 7) is 1.82. The molecule has 0 aliphatic carbocycles. The molecular formula is C21H21F2N3O3. The predicted octanol–water partition coefficient (Wildman–Crippen LogP) is 3.27. The molecule has 0 aliphatic heterocycles. The first kappa shape index (κ1) is 20.4. The lowest BCUT2D eigenvalue weighted by molar-refractivity contribution is -0.116. The van der Waals surface area contributed by atoms with E-state index in [0.29, 0.717) is 17.3 Å². The molecule has 1 heterocycles. The fourth-order valence-corrected chi connectivity index (χ4v) is 3.17. The predicted molar refractivity (Wildman–Crippen MR) is 107 cm³/mol. The highest BCUT2D eigenvalue weighted by atomic mass is 19.1. The summed E-state index contributed by atoms with van der Waals surface area (Å²) in [5, 5.41) is 2.59. The Morgan fingerprint density at radius 2 is 1.79 bits per heavy atom. The van der Waals surface area contributed by atoms with E-state index in [9.17, 15) is 23.2 Å². The Hall–Kier alpha value is -3.29. The van der Waals surface area contributed by atoms with Gasteiger partial charge in [-0.1, -0.05) is 31.9 Å². The minimum atomic E-state index is -0.790. The number of amides is 1. The molecule has 0 saturated heterocycles. The molecule has 1 amide bonds. The first-order valence-corrected chi connectivity index (χ1v) is 9.39. The third kappa shape index (κ3) is 4.42. The number of benzene rings is 2. The molecule has 0 bridgehead atoms. The minimum Gasteiger partial charge on any atom is -0.322 e. The topological polar surface area (TPSA) is 73.1 Å². The van der Waals surface area contributed by atoms with Gasteiger partial charge in [-0.25, -0.2) is 13.6 Å². The maximum atomic E-state index is 13.8. The normalized spacial score (nSPS) is 11.0. The SMILES string of the molecule is CCCCCn1c(=O)c2ccccc2n(CC(=O)Nc2cc(F)ccc2F)c1=O. The fraction of sp³-hybridized carbons (Fsp3) is 0.286. The van der Waals surface area contributed by atoms with E-state index in [1.165, 1.54) is 4.57 Å². The summed E-state index contributed by atoms with van der Waals surface area (Å²) in [5.41, 5.74) is -1.03. The summed E-state index contributed by atoms with van der Waals surface area (Å²) in [4.78, 5) is 38.1. The Morgan fingerprint density at radius 1 is 1.03 bits per heavy atom. The van der Waals surface area contributed by atoms with Gasteiger partial charge in [0, 0.05) is 12.6 Å². The number of nitrogens with one attached hydrogen (secondary N) is 1. The molecule has 8 heteroatoms. The zero-order valence-electron chi connectivity index (χ0n) is 16.0. The molecule has 0 fully saturated rings. The summed E-state index contributed by atoms with van der Waals surface area (Å²) in [6.07, 6.45) is 2.45. The van der Waals surface area contributed by atoms with Crippen LogP contribution in [0.15, 0.2) is 52.1 Å². The molecule has 1 N–H and O–H groups in total. The number of halogens is 2. The van der Waals surface area contributed by atoms with Gasteiger partial charge in [-0.2, -0.15) is 0 Å². The number of hydrogen-bond acceptors (Lipinski definition) is 3. The van der Waals surface area contributed by atoms with Gasteiger partial charge in [0.05, 0.1) is 16.6 Å². The number of carbonyl (C=O) groups is 1. The van der Waals surface area contributed by atoms with Gasteiger partial charge in [-0.05, 0) is 30.7 Å². The number of carbonyl (C=O) groups excluding carboxylic acids is 1. The van der Waals surface area contributed by atoms with Crippen molar-refractivity contribution in [1.82, 2.24) is 9.13 Å².